The van der Waals surface area contributed by atoms with Gasteiger partial charge in [0.05, 0.1) is 35.4 Å². The van der Waals surface area contributed by atoms with Crippen molar-refractivity contribution < 1.29 is 13.5 Å². The Labute approximate surface area is 208 Å². The number of nitrogens with two attached hydrogens (primary N) is 1. The Balaban J connectivity index is 1.45. The molecule has 2 N–H and O–H groups in total. The number of pyridine rings is 1. The highest BCUT2D eigenvalue weighted by Crippen LogP contribution is 2.45. The maximum absolute atomic E-state index is 16.4. The van der Waals surface area contributed by atoms with E-state index in [4.69, 9.17) is 15.5 Å². The Hall–Kier alpha value is -3.46. The highest BCUT2D eigenvalue weighted by atomic mass is 32.1. The minimum absolute atomic E-state index is 0.0990. The zero-order chi connectivity index (χ0) is 24.6. The van der Waals surface area contributed by atoms with E-state index in [1.807, 2.05) is 6.07 Å². The van der Waals surface area contributed by atoms with Crippen molar-refractivity contribution in [2.75, 3.05) is 36.8 Å². The summed E-state index contributed by atoms with van der Waals surface area (Å²) in [5, 5.41) is 10.7. The van der Waals surface area contributed by atoms with Crippen LogP contribution in [-0.2, 0) is 18.0 Å². The molecule has 11 heteroatoms. The first-order valence-corrected chi connectivity index (χ1v) is 12.7. The zero-order valence-corrected chi connectivity index (χ0v) is 20.0. The number of hydrogen-bond acceptors (Lipinski definition) is 9. The smallest absolute Gasteiger partial charge is 0.226 e. The van der Waals surface area contributed by atoms with Crippen LogP contribution in [0.1, 0.15) is 29.5 Å². The molecule has 0 bridgehead atoms. The zero-order valence-electron chi connectivity index (χ0n) is 19.2. The molecule has 7 rings (SSSR count). The number of benzene rings is 1. The van der Waals surface area contributed by atoms with Crippen LogP contribution in [0.25, 0.3) is 32.2 Å². The average molecular weight is 506 g/mol. The van der Waals surface area contributed by atoms with Gasteiger partial charge in [0.25, 0.3) is 0 Å². The molecule has 3 aliphatic heterocycles. The number of piperazine rings is 1. The van der Waals surface area contributed by atoms with Gasteiger partial charge in [-0.15, -0.1) is 11.3 Å². The van der Waals surface area contributed by atoms with Crippen molar-refractivity contribution in [2.24, 2.45) is 0 Å². The summed E-state index contributed by atoms with van der Waals surface area (Å²) in [5.41, 5.74) is 8.05. The van der Waals surface area contributed by atoms with Gasteiger partial charge in [-0.2, -0.15) is 5.26 Å². The number of hydrogen-bond donors (Lipinski definition) is 1. The van der Waals surface area contributed by atoms with Crippen LogP contribution >= 0.6 is 11.3 Å². The van der Waals surface area contributed by atoms with Crippen molar-refractivity contribution in [3.63, 3.8) is 0 Å². The molecule has 2 fully saturated rings. The van der Waals surface area contributed by atoms with E-state index in [1.54, 1.807) is 6.20 Å². The molecule has 1 atom stereocenters. The maximum atomic E-state index is 16.4. The van der Waals surface area contributed by atoms with Gasteiger partial charge in [0.2, 0.25) is 5.95 Å². The third-order valence-electron chi connectivity index (χ3n) is 7.60. The first-order chi connectivity index (χ1) is 17.5. The highest BCUT2D eigenvalue weighted by Gasteiger charge is 2.33. The Morgan fingerprint density at radius 2 is 2.00 bits per heavy atom. The molecule has 8 nitrogen and oxygen atoms in total. The summed E-state index contributed by atoms with van der Waals surface area (Å²) in [6.07, 6.45) is 5.06. The van der Waals surface area contributed by atoms with Crippen LogP contribution in [-0.4, -0.2) is 52.1 Å². The molecule has 6 heterocycles. The van der Waals surface area contributed by atoms with Crippen molar-refractivity contribution in [1.82, 2.24) is 19.9 Å². The molecular formula is C25H21F2N7OS. The second kappa shape index (κ2) is 8.03. The number of fused-ring (bicyclic) bond motifs is 5. The van der Waals surface area contributed by atoms with Crippen LogP contribution in [0.3, 0.4) is 0 Å². The molecular weight excluding hydrogens is 484 g/mol. The summed E-state index contributed by atoms with van der Waals surface area (Å²) in [6.45, 7) is 4.11. The van der Waals surface area contributed by atoms with Crippen LogP contribution in [0.2, 0.25) is 0 Å². The number of nitrogen functional groups attached to an aromatic ring is 1. The van der Waals surface area contributed by atoms with Gasteiger partial charge in [-0.1, -0.05) is 0 Å². The second-order valence-electron chi connectivity index (χ2n) is 9.46. The lowest BCUT2D eigenvalue weighted by Gasteiger charge is -2.37. The van der Waals surface area contributed by atoms with E-state index in [2.05, 4.69) is 19.8 Å². The lowest BCUT2D eigenvalue weighted by molar-refractivity contribution is 0.135. The number of anilines is 2. The van der Waals surface area contributed by atoms with Crippen molar-refractivity contribution in [3.05, 3.63) is 40.7 Å². The SMILES string of the molecule is N#Cc1c(N)sc2c(F)cnc(-c3c4c(c5cnc(N6CCN7CCCC7C6)nc5c3F)COC4)c12. The largest absolute Gasteiger partial charge is 0.389 e. The fraction of sp³-hybridized carbons (Fsp3) is 0.360. The molecule has 1 aromatic carbocycles. The van der Waals surface area contributed by atoms with Gasteiger partial charge in [-0.3, -0.25) is 9.88 Å². The van der Waals surface area contributed by atoms with Crippen LogP contribution in [0.4, 0.5) is 19.7 Å². The average Bonchev–Trinajstić information content (AvgIpc) is 3.63. The number of nitrogens with zero attached hydrogens (tertiary/aromatic N) is 6. The van der Waals surface area contributed by atoms with Crippen molar-refractivity contribution in [1.29, 1.82) is 5.26 Å². The number of rotatable bonds is 2. The van der Waals surface area contributed by atoms with E-state index in [-0.39, 0.29) is 50.6 Å². The molecule has 0 saturated carbocycles. The number of ether oxygens (including phenoxy) is 1. The van der Waals surface area contributed by atoms with Crippen LogP contribution < -0.4 is 10.6 Å². The minimum atomic E-state index is -0.600. The fourth-order valence-electron chi connectivity index (χ4n) is 5.86. The molecule has 2 saturated heterocycles. The van der Waals surface area contributed by atoms with E-state index in [0.717, 1.165) is 55.7 Å². The van der Waals surface area contributed by atoms with Crippen LogP contribution in [0.15, 0.2) is 12.4 Å². The van der Waals surface area contributed by atoms with Crippen molar-refractivity contribution in [3.8, 4) is 17.3 Å². The molecule has 4 aromatic rings. The summed E-state index contributed by atoms with van der Waals surface area (Å²) in [7, 11) is 0. The predicted molar refractivity (Wildman–Crippen MR) is 132 cm³/mol. The summed E-state index contributed by atoms with van der Waals surface area (Å²) in [5.74, 6) is -0.685. The topological polar surface area (TPSA) is 104 Å². The van der Waals surface area contributed by atoms with E-state index in [9.17, 15) is 9.65 Å². The molecule has 0 amide bonds. The van der Waals surface area contributed by atoms with E-state index < -0.39 is 11.6 Å². The minimum Gasteiger partial charge on any atom is -0.389 e. The van der Waals surface area contributed by atoms with Crippen LogP contribution in [0.5, 0.6) is 0 Å². The van der Waals surface area contributed by atoms with Crippen molar-refractivity contribution >= 4 is 43.3 Å². The Bertz CT molecular complexity index is 1610. The number of halogens is 2. The van der Waals surface area contributed by atoms with E-state index in [1.165, 1.54) is 6.42 Å². The first-order valence-electron chi connectivity index (χ1n) is 11.9. The number of aromatic nitrogens is 3. The van der Waals surface area contributed by atoms with Gasteiger partial charge in [0.15, 0.2) is 11.6 Å². The number of nitriles is 1. The van der Waals surface area contributed by atoms with E-state index >= 15 is 4.39 Å². The Kier molecular flexibility index (Phi) is 4.86. The molecule has 0 aliphatic carbocycles. The highest BCUT2D eigenvalue weighted by molar-refractivity contribution is 7.23. The van der Waals surface area contributed by atoms with Crippen molar-refractivity contribution in [2.45, 2.75) is 32.1 Å². The third-order valence-corrected chi connectivity index (χ3v) is 8.63. The van der Waals surface area contributed by atoms with Gasteiger partial charge in [-0.25, -0.2) is 18.7 Å². The summed E-state index contributed by atoms with van der Waals surface area (Å²) >= 11 is 0.961. The van der Waals surface area contributed by atoms with Crippen LogP contribution in [0, 0.1) is 23.0 Å². The summed E-state index contributed by atoms with van der Waals surface area (Å²) in [6, 6.07) is 2.51. The van der Waals surface area contributed by atoms with Gasteiger partial charge >= 0.3 is 0 Å². The maximum Gasteiger partial charge on any atom is 0.226 e. The van der Waals surface area contributed by atoms with Gasteiger partial charge in [0.1, 0.15) is 16.6 Å². The van der Waals surface area contributed by atoms with Gasteiger partial charge in [-0.05, 0) is 30.5 Å². The predicted octanol–water partition coefficient (Wildman–Crippen LogP) is 3.95. The lowest BCUT2D eigenvalue weighted by atomic mass is 9.94. The standard InChI is InChI=1S/C25H21F2N7OS/c26-17-8-30-22(19-13(6-28)24(29)36-23(17)19)18-16-11-35-10-15(16)14-7-31-25(32-21(14)20(18)27)34-5-4-33-3-1-2-12(33)9-34/h7-8,12H,1-5,9-11,29H2. The molecule has 1 unspecified atom stereocenters. The Morgan fingerprint density at radius 3 is 2.86 bits per heavy atom. The second-order valence-corrected chi connectivity index (χ2v) is 10.5. The van der Waals surface area contributed by atoms with Gasteiger partial charge < -0.3 is 15.4 Å². The summed E-state index contributed by atoms with van der Waals surface area (Å²) < 4.78 is 36.9. The molecule has 36 heavy (non-hydrogen) atoms. The summed E-state index contributed by atoms with van der Waals surface area (Å²) in [4.78, 5) is 18.2. The quantitative estimate of drug-likeness (QED) is 0.437. The molecule has 0 spiro atoms. The molecule has 0 radical (unpaired) electrons. The molecule has 182 valence electrons. The monoisotopic (exact) mass is 505 g/mol. The molecule has 3 aliphatic rings. The lowest BCUT2D eigenvalue weighted by Crippen LogP contribution is -2.50. The normalized spacial score (nSPS) is 19.7. The third kappa shape index (κ3) is 3.05. The Morgan fingerprint density at radius 1 is 1.14 bits per heavy atom. The fourth-order valence-corrected chi connectivity index (χ4v) is 6.78. The van der Waals surface area contributed by atoms with Gasteiger partial charge in [0, 0.05) is 48.2 Å². The molecule has 3 aromatic heterocycles. The first kappa shape index (κ1) is 21.8. The van der Waals surface area contributed by atoms with E-state index in [0.29, 0.717) is 22.9 Å². The number of thiophene rings is 1.